The van der Waals surface area contributed by atoms with Crippen molar-refractivity contribution in [3.05, 3.63) is 35.4 Å². The van der Waals surface area contributed by atoms with Gasteiger partial charge in [0.15, 0.2) is 0 Å². The molecule has 1 heterocycles. The second-order valence-corrected chi connectivity index (χ2v) is 7.53. The van der Waals surface area contributed by atoms with Crippen LogP contribution in [0.3, 0.4) is 0 Å². The van der Waals surface area contributed by atoms with Crippen LogP contribution in [0.5, 0.6) is 0 Å². The highest BCUT2D eigenvalue weighted by Gasteiger charge is 2.24. The number of sulfonamides is 1. The van der Waals surface area contributed by atoms with Crippen LogP contribution < -0.4 is 5.32 Å². The summed E-state index contributed by atoms with van der Waals surface area (Å²) in [6.07, 6.45) is 3.31. The lowest BCUT2D eigenvalue weighted by molar-refractivity contribution is 0.337. The monoisotopic (exact) mass is 307 g/mol. The van der Waals surface area contributed by atoms with Crippen molar-refractivity contribution in [2.75, 3.05) is 20.1 Å². The van der Waals surface area contributed by atoms with Gasteiger partial charge >= 0.3 is 0 Å². The van der Waals surface area contributed by atoms with Crippen molar-refractivity contribution in [2.24, 2.45) is 0 Å². The molecule has 0 bridgehead atoms. The number of rotatable bonds is 5. The Kier molecular flexibility index (Phi) is 5.34. The van der Waals surface area contributed by atoms with Crippen LogP contribution in [0.25, 0.3) is 0 Å². The van der Waals surface area contributed by atoms with Crippen molar-refractivity contribution in [3.63, 3.8) is 0 Å². The summed E-state index contributed by atoms with van der Waals surface area (Å²) < 4.78 is 26.3. The molecule has 21 heavy (non-hydrogen) atoms. The second-order valence-electron chi connectivity index (χ2n) is 5.45. The Morgan fingerprint density at radius 2 is 2.14 bits per heavy atom. The van der Waals surface area contributed by atoms with Gasteiger partial charge in [0.05, 0.1) is 17.4 Å². The van der Waals surface area contributed by atoms with E-state index in [1.807, 2.05) is 6.07 Å². The Labute approximate surface area is 126 Å². The van der Waals surface area contributed by atoms with E-state index in [-0.39, 0.29) is 11.8 Å². The minimum Gasteiger partial charge on any atom is -0.313 e. The van der Waals surface area contributed by atoms with Crippen LogP contribution in [0, 0.1) is 11.3 Å². The Bertz CT molecular complexity index is 616. The number of hydrogen-bond donors (Lipinski definition) is 1. The molecular formula is C15H21N3O2S. The average Bonchev–Trinajstić information content (AvgIpc) is 2.48. The van der Waals surface area contributed by atoms with Crippen LogP contribution >= 0.6 is 0 Å². The van der Waals surface area contributed by atoms with E-state index in [9.17, 15) is 8.42 Å². The van der Waals surface area contributed by atoms with E-state index in [2.05, 4.69) is 5.32 Å². The van der Waals surface area contributed by atoms with E-state index in [0.717, 1.165) is 25.8 Å². The molecule has 0 spiro atoms. The fraction of sp³-hybridized carbons (Fsp3) is 0.533. The van der Waals surface area contributed by atoms with Crippen LogP contribution in [-0.4, -0.2) is 38.9 Å². The molecule has 0 aliphatic carbocycles. The standard InChI is InChI=1S/C15H21N3O2S/c1-18(11-15-8-4-5-9-17-15)21(19,20)12-14-7-3-2-6-13(14)10-16/h2-3,6-7,15,17H,4-5,8-9,11-12H2,1H3. The van der Waals surface area contributed by atoms with Gasteiger partial charge in [-0.25, -0.2) is 12.7 Å². The quantitative estimate of drug-likeness (QED) is 0.894. The summed E-state index contributed by atoms with van der Waals surface area (Å²) in [6.45, 7) is 1.44. The van der Waals surface area contributed by atoms with Crippen molar-refractivity contribution in [3.8, 4) is 6.07 Å². The van der Waals surface area contributed by atoms with Gasteiger partial charge in [0.1, 0.15) is 0 Å². The average molecular weight is 307 g/mol. The molecule has 114 valence electrons. The third-order valence-corrected chi connectivity index (χ3v) is 5.62. The maximum Gasteiger partial charge on any atom is 0.218 e. The topological polar surface area (TPSA) is 73.2 Å². The molecule has 0 amide bonds. The molecule has 1 saturated heterocycles. The van der Waals surface area contributed by atoms with Crippen molar-refractivity contribution in [2.45, 2.75) is 31.1 Å². The minimum absolute atomic E-state index is 0.125. The molecule has 0 aromatic heterocycles. The smallest absolute Gasteiger partial charge is 0.218 e. The molecule has 0 saturated carbocycles. The van der Waals surface area contributed by atoms with E-state index >= 15 is 0 Å². The van der Waals surface area contributed by atoms with E-state index in [4.69, 9.17) is 5.26 Å². The van der Waals surface area contributed by atoms with E-state index in [1.54, 1.807) is 31.3 Å². The number of nitrogens with one attached hydrogen (secondary N) is 1. The molecule has 1 aromatic rings. The second kappa shape index (κ2) is 7.03. The van der Waals surface area contributed by atoms with Gasteiger partial charge < -0.3 is 5.32 Å². The van der Waals surface area contributed by atoms with Crippen LogP contribution in [0.1, 0.15) is 30.4 Å². The molecule has 2 rings (SSSR count). The van der Waals surface area contributed by atoms with Crippen molar-refractivity contribution in [1.82, 2.24) is 9.62 Å². The van der Waals surface area contributed by atoms with Gasteiger partial charge in [-0.05, 0) is 31.0 Å². The molecule has 5 nitrogen and oxygen atoms in total. The number of nitrogens with zero attached hydrogens (tertiary/aromatic N) is 2. The molecule has 1 unspecified atom stereocenters. The first-order valence-electron chi connectivity index (χ1n) is 7.18. The molecule has 1 aromatic carbocycles. The number of benzene rings is 1. The Hall–Kier alpha value is -1.42. The molecule has 1 atom stereocenters. The highest BCUT2D eigenvalue weighted by atomic mass is 32.2. The summed E-state index contributed by atoms with van der Waals surface area (Å²) in [4.78, 5) is 0. The highest BCUT2D eigenvalue weighted by molar-refractivity contribution is 7.88. The van der Waals surface area contributed by atoms with Gasteiger partial charge in [0, 0.05) is 19.6 Å². The Morgan fingerprint density at radius 3 is 2.81 bits per heavy atom. The highest BCUT2D eigenvalue weighted by Crippen LogP contribution is 2.15. The zero-order valence-corrected chi connectivity index (χ0v) is 13.1. The molecule has 1 aliphatic rings. The first-order chi connectivity index (χ1) is 10.0. The summed E-state index contributed by atoms with van der Waals surface area (Å²) in [7, 11) is -1.79. The predicted molar refractivity (Wildman–Crippen MR) is 82.1 cm³/mol. The van der Waals surface area contributed by atoms with E-state index < -0.39 is 10.0 Å². The summed E-state index contributed by atoms with van der Waals surface area (Å²) in [5.74, 6) is -0.125. The number of likely N-dealkylation sites (N-methyl/N-ethyl adjacent to an activating group) is 1. The number of hydrogen-bond acceptors (Lipinski definition) is 4. The zero-order valence-electron chi connectivity index (χ0n) is 12.2. The van der Waals surface area contributed by atoms with Crippen LogP contribution in [0.4, 0.5) is 0 Å². The summed E-state index contributed by atoms with van der Waals surface area (Å²) in [5.41, 5.74) is 0.980. The van der Waals surface area contributed by atoms with E-state index in [0.29, 0.717) is 17.7 Å². The van der Waals surface area contributed by atoms with Gasteiger partial charge in [-0.1, -0.05) is 24.6 Å². The normalized spacial score (nSPS) is 19.4. The van der Waals surface area contributed by atoms with Crippen molar-refractivity contribution < 1.29 is 8.42 Å². The summed E-state index contributed by atoms with van der Waals surface area (Å²) in [5, 5.41) is 12.4. The minimum atomic E-state index is -3.40. The fourth-order valence-corrected chi connectivity index (χ4v) is 3.84. The third-order valence-electron chi connectivity index (χ3n) is 3.84. The van der Waals surface area contributed by atoms with E-state index in [1.165, 1.54) is 4.31 Å². The number of piperidine rings is 1. The largest absolute Gasteiger partial charge is 0.313 e. The number of nitriles is 1. The van der Waals surface area contributed by atoms with Gasteiger partial charge in [-0.3, -0.25) is 0 Å². The Balaban J connectivity index is 2.05. The summed E-state index contributed by atoms with van der Waals surface area (Å²) >= 11 is 0. The van der Waals surface area contributed by atoms with Crippen molar-refractivity contribution in [1.29, 1.82) is 5.26 Å². The third kappa shape index (κ3) is 4.27. The lowest BCUT2D eigenvalue weighted by atomic mass is 10.1. The first kappa shape index (κ1) is 16.0. The lowest BCUT2D eigenvalue weighted by Gasteiger charge is -2.27. The van der Waals surface area contributed by atoms with Gasteiger partial charge in [-0.2, -0.15) is 5.26 Å². The van der Waals surface area contributed by atoms with Crippen LogP contribution in [0.15, 0.2) is 24.3 Å². The molecular weight excluding hydrogens is 286 g/mol. The van der Waals surface area contributed by atoms with Crippen LogP contribution in [0.2, 0.25) is 0 Å². The molecule has 1 N–H and O–H groups in total. The Morgan fingerprint density at radius 1 is 1.38 bits per heavy atom. The van der Waals surface area contributed by atoms with Crippen LogP contribution in [-0.2, 0) is 15.8 Å². The molecule has 6 heteroatoms. The summed E-state index contributed by atoms with van der Waals surface area (Å²) in [6, 6.07) is 9.11. The SMILES string of the molecule is CN(CC1CCCCN1)S(=O)(=O)Cc1ccccc1C#N. The lowest BCUT2D eigenvalue weighted by Crippen LogP contribution is -2.44. The van der Waals surface area contributed by atoms with Crippen molar-refractivity contribution >= 4 is 10.0 Å². The fourth-order valence-electron chi connectivity index (χ4n) is 2.57. The maximum atomic E-state index is 12.4. The molecule has 1 fully saturated rings. The van der Waals surface area contributed by atoms with Gasteiger partial charge in [0.25, 0.3) is 0 Å². The van der Waals surface area contributed by atoms with Gasteiger partial charge in [-0.15, -0.1) is 0 Å². The zero-order chi connectivity index (χ0) is 15.3. The predicted octanol–water partition coefficient (Wildman–Crippen LogP) is 1.46. The molecule has 1 aliphatic heterocycles. The maximum absolute atomic E-state index is 12.4. The molecule has 0 radical (unpaired) electrons. The van der Waals surface area contributed by atoms with Gasteiger partial charge in [0.2, 0.25) is 10.0 Å². The first-order valence-corrected chi connectivity index (χ1v) is 8.79.